The summed E-state index contributed by atoms with van der Waals surface area (Å²) in [6, 6.07) is 12.1. The summed E-state index contributed by atoms with van der Waals surface area (Å²) in [5, 5.41) is 1.91. The number of methoxy groups -OCH3 is 1. The SMILES string of the molecule is COc1ccsc1C(=O)C1CC1c1ccccc1. The van der Waals surface area contributed by atoms with Crippen molar-refractivity contribution in [3.63, 3.8) is 0 Å². The molecule has 1 heterocycles. The molecular formula is C15H14O2S. The van der Waals surface area contributed by atoms with Crippen LogP contribution in [0.1, 0.15) is 27.6 Å². The first-order chi connectivity index (χ1) is 8.81. The lowest BCUT2D eigenvalue weighted by molar-refractivity contribution is 0.0966. The Hall–Kier alpha value is -1.61. The van der Waals surface area contributed by atoms with Crippen LogP contribution in [0, 0.1) is 5.92 Å². The molecule has 1 aliphatic rings. The summed E-state index contributed by atoms with van der Waals surface area (Å²) in [4.78, 5) is 13.1. The van der Waals surface area contributed by atoms with Gasteiger partial charge in [0, 0.05) is 5.92 Å². The first-order valence-electron chi connectivity index (χ1n) is 6.02. The summed E-state index contributed by atoms with van der Waals surface area (Å²) < 4.78 is 5.21. The first-order valence-corrected chi connectivity index (χ1v) is 6.90. The van der Waals surface area contributed by atoms with E-state index in [4.69, 9.17) is 4.74 Å². The van der Waals surface area contributed by atoms with E-state index in [0.29, 0.717) is 11.7 Å². The average molecular weight is 258 g/mol. The molecule has 1 saturated carbocycles. The van der Waals surface area contributed by atoms with Gasteiger partial charge in [0.05, 0.1) is 7.11 Å². The summed E-state index contributed by atoms with van der Waals surface area (Å²) in [5.41, 5.74) is 1.27. The van der Waals surface area contributed by atoms with Crippen molar-refractivity contribution in [1.29, 1.82) is 0 Å². The second-order valence-electron chi connectivity index (χ2n) is 4.54. The molecule has 0 saturated heterocycles. The van der Waals surface area contributed by atoms with Gasteiger partial charge >= 0.3 is 0 Å². The van der Waals surface area contributed by atoms with Crippen LogP contribution in [0.2, 0.25) is 0 Å². The Bertz CT molecular complexity index is 559. The number of thiophene rings is 1. The van der Waals surface area contributed by atoms with E-state index < -0.39 is 0 Å². The Balaban J connectivity index is 1.77. The highest BCUT2D eigenvalue weighted by Crippen LogP contribution is 2.50. The molecule has 0 radical (unpaired) electrons. The monoisotopic (exact) mass is 258 g/mol. The lowest BCUT2D eigenvalue weighted by atomic mass is 10.1. The lowest BCUT2D eigenvalue weighted by Gasteiger charge is -2.02. The predicted molar refractivity (Wildman–Crippen MR) is 72.5 cm³/mol. The third-order valence-electron chi connectivity index (χ3n) is 3.43. The largest absolute Gasteiger partial charge is 0.495 e. The van der Waals surface area contributed by atoms with Gasteiger partial charge in [0.15, 0.2) is 5.78 Å². The van der Waals surface area contributed by atoms with Gasteiger partial charge in [0.25, 0.3) is 0 Å². The van der Waals surface area contributed by atoms with Gasteiger partial charge in [0.1, 0.15) is 10.6 Å². The van der Waals surface area contributed by atoms with Crippen LogP contribution in [-0.4, -0.2) is 12.9 Å². The molecule has 0 amide bonds. The van der Waals surface area contributed by atoms with Crippen LogP contribution in [0.25, 0.3) is 0 Å². The van der Waals surface area contributed by atoms with Crippen LogP contribution >= 0.6 is 11.3 Å². The second-order valence-corrected chi connectivity index (χ2v) is 5.46. The van der Waals surface area contributed by atoms with E-state index in [1.807, 2.05) is 29.6 Å². The fourth-order valence-electron chi connectivity index (χ4n) is 2.36. The van der Waals surface area contributed by atoms with Crippen LogP contribution in [-0.2, 0) is 0 Å². The van der Waals surface area contributed by atoms with E-state index in [1.165, 1.54) is 16.9 Å². The molecule has 3 heteroatoms. The molecule has 0 aliphatic heterocycles. The van der Waals surface area contributed by atoms with E-state index in [9.17, 15) is 4.79 Å². The summed E-state index contributed by atoms with van der Waals surface area (Å²) in [5.74, 6) is 1.48. The van der Waals surface area contributed by atoms with E-state index in [-0.39, 0.29) is 11.7 Å². The third kappa shape index (κ3) is 1.95. The summed E-state index contributed by atoms with van der Waals surface area (Å²) in [6.07, 6.45) is 0.962. The average Bonchev–Trinajstić information content (AvgIpc) is 3.08. The molecule has 1 aromatic heterocycles. The third-order valence-corrected chi connectivity index (χ3v) is 4.34. The molecule has 1 aromatic carbocycles. The highest BCUT2D eigenvalue weighted by molar-refractivity contribution is 7.12. The van der Waals surface area contributed by atoms with Crippen molar-refractivity contribution in [3.8, 4) is 5.75 Å². The molecule has 3 rings (SSSR count). The van der Waals surface area contributed by atoms with Gasteiger partial charge in [-0.25, -0.2) is 0 Å². The van der Waals surface area contributed by atoms with Gasteiger partial charge in [0.2, 0.25) is 0 Å². The quantitative estimate of drug-likeness (QED) is 0.781. The van der Waals surface area contributed by atoms with E-state index in [1.54, 1.807) is 7.11 Å². The molecule has 1 fully saturated rings. The Labute approximate surface area is 110 Å². The van der Waals surface area contributed by atoms with Crippen molar-refractivity contribution < 1.29 is 9.53 Å². The smallest absolute Gasteiger partial charge is 0.180 e. The van der Waals surface area contributed by atoms with Crippen molar-refractivity contribution in [3.05, 3.63) is 52.2 Å². The Morgan fingerprint density at radius 1 is 1.28 bits per heavy atom. The van der Waals surface area contributed by atoms with E-state index >= 15 is 0 Å². The Kier molecular flexibility index (Phi) is 2.92. The Morgan fingerprint density at radius 3 is 2.78 bits per heavy atom. The fourth-order valence-corrected chi connectivity index (χ4v) is 3.22. The minimum absolute atomic E-state index is 0.139. The van der Waals surface area contributed by atoms with Crippen LogP contribution in [0.4, 0.5) is 0 Å². The number of carbonyl (C=O) groups excluding carboxylic acids is 1. The van der Waals surface area contributed by atoms with Crippen LogP contribution < -0.4 is 4.74 Å². The van der Waals surface area contributed by atoms with Gasteiger partial charge in [-0.15, -0.1) is 11.3 Å². The number of ether oxygens (including phenoxy) is 1. The van der Waals surface area contributed by atoms with Crippen molar-refractivity contribution in [2.75, 3.05) is 7.11 Å². The van der Waals surface area contributed by atoms with Crippen LogP contribution in [0.3, 0.4) is 0 Å². The maximum atomic E-state index is 12.4. The van der Waals surface area contributed by atoms with Crippen LogP contribution in [0.15, 0.2) is 41.8 Å². The maximum Gasteiger partial charge on any atom is 0.180 e. The normalized spacial score (nSPS) is 21.6. The number of rotatable bonds is 4. The first kappa shape index (κ1) is 11.5. The summed E-state index contributed by atoms with van der Waals surface area (Å²) in [6.45, 7) is 0. The van der Waals surface area contributed by atoms with Gasteiger partial charge < -0.3 is 4.74 Å². The minimum atomic E-state index is 0.139. The number of hydrogen-bond donors (Lipinski definition) is 0. The number of hydrogen-bond acceptors (Lipinski definition) is 3. The van der Waals surface area contributed by atoms with E-state index in [2.05, 4.69) is 12.1 Å². The van der Waals surface area contributed by atoms with Crippen LogP contribution in [0.5, 0.6) is 5.75 Å². The molecule has 0 spiro atoms. The zero-order valence-corrected chi connectivity index (χ0v) is 10.9. The van der Waals surface area contributed by atoms with Crippen molar-refractivity contribution in [1.82, 2.24) is 0 Å². The number of Topliss-reactive ketones (excluding diaryl/α,β-unsaturated/α-hetero) is 1. The highest BCUT2D eigenvalue weighted by Gasteiger charge is 2.45. The molecule has 1 aliphatic carbocycles. The zero-order chi connectivity index (χ0) is 12.5. The van der Waals surface area contributed by atoms with Gasteiger partial charge in [-0.1, -0.05) is 30.3 Å². The molecule has 92 valence electrons. The predicted octanol–water partition coefficient (Wildman–Crippen LogP) is 3.74. The Morgan fingerprint density at radius 2 is 2.06 bits per heavy atom. The molecule has 0 bridgehead atoms. The lowest BCUT2D eigenvalue weighted by Crippen LogP contribution is -2.02. The zero-order valence-electron chi connectivity index (χ0n) is 10.1. The second kappa shape index (κ2) is 4.58. The molecule has 2 unspecified atom stereocenters. The van der Waals surface area contributed by atoms with E-state index in [0.717, 1.165) is 11.3 Å². The maximum absolute atomic E-state index is 12.4. The van der Waals surface area contributed by atoms with Crippen molar-refractivity contribution in [2.24, 2.45) is 5.92 Å². The number of ketones is 1. The summed E-state index contributed by atoms with van der Waals surface area (Å²) in [7, 11) is 1.61. The summed E-state index contributed by atoms with van der Waals surface area (Å²) >= 11 is 1.47. The molecule has 18 heavy (non-hydrogen) atoms. The fraction of sp³-hybridized carbons (Fsp3) is 0.267. The topological polar surface area (TPSA) is 26.3 Å². The molecule has 0 N–H and O–H groups in total. The standard InChI is InChI=1S/C15H14O2S/c1-17-13-7-8-18-15(13)14(16)12-9-11(12)10-5-3-2-4-6-10/h2-8,11-12H,9H2,1H3. The van der Waals surface area contributed by atoms with Gasteiger partial charge in [-0.3, -0.25) is 4.79 Å². The van der Waals surface area contributed by atoms with Gasteiger partial charge in [-0.05, 0) is 29.3 Å². The molecular weight excluding hydrogens is 244 g/mol. The number of carbonyl (C=O) groups is 1. The number of benzene rings is 1. The van der Waals surface area contributed by atoms with Crippen molar-refractivity contribution in [2.45, 2.75) is 12.3 Å². The molecule has 2 nitrogen and oxygen atoms in total. The highest BCUT2D eigenvalue weighted by atomic mass is 32.1. The molecule has 2 aromatic rings. The minimum Gasteiger partial charge on any atom is -0.495 e. The molecule has 2 atom stereocenters. The van der Waals surface area contributed by atoms with Gasteiger partial charge in [-0.2, -0.15) is 0 Å². The van der Waals surface area contributed by atoms with Crippen molar-refractivity contribution >= 4 is 17.1 Å².